The van der Waals surface area contributed by atoms with Crippen LogP contribution in [0.15, 0.2) is 52.9 Å². The summed E-state index contributed by atoms with van der Waals surface area (Å²) in [6.45, 7) is 0.709. The number of methoxy groups -OCH3 is 1. The Labute approximate surface area is 163 Å². The molecule has 0 saturated carbocycles. The minimum atomic E-state index is -0.267. The second-order valence-electron chi connectivity index (χ2n) is 6.55. The van der Waals surface area contributed by atoms with E-state index in [1.807, 2.05) is 67.5 Å². The molecule has 1 atom stereocenters. The van der Waals surface area contributed by atoms with Gasteiger partial charge in [-0.2, -0.15) is 0 Å². The first-order chi connectivity index (χ1) is 13.0. The van der Waals surface area contributed by atoms with Crippen LogP contribution in [0.5, 0.6) is 0 Å². The van der Waals surface area contributed by atoms with Crippen LogP contribution in [0.25, 0.3) is 11.0 Å². The summed E-state index contributed by atoms with van der Waals surface area (Å²) in [5, 5.41) is 4.54. The molecule has 3 rings (SSSR count). The highest BCUT2D eigenvalue weighted by Crippen LogP contribution is 2.28. The third-order valence-corrected chi connectivity index (χ3v) is 4.88. The van der Waals surface area contributed by atoms with Crippen LogP contribution < -0.4 is 5.32 Å². The Balaban J connectivity index is 1.83. The van der Waals surface area contributed by atoms with Crippen molar-refractivity contribution in [1.82, 2.24) is 10.2 Å². The number of fused-ring (bicyclic) bond motifs is 1. The molecule has 0 unspecified atom stereocenters. The van der Waals surface area contributed by atoms with Crippen molar-refractivity contribution in [2.45, 2.75) is 12.6 Å². The van der Waals surface area contributed by atoms with Crippen molar-refractivity contribution in [3.05, 3.63) is 70.4 Å². The van der Waals surface area contributed by atoms with Crippen molar-refractivity contribution < 1.29 is 13.9 Å². The predicted octanol–water partition coefficient (Wildman–Crippen LogP) is 4.27. The smallest absolute Gasteiger partial charge is 0.287 e. The average Bonchev–Trinajstić information content (AvgIpc) is 3.02. The SMILES string of the molecule is COCc1c(C(=O)NC[C@@H](c2ccccc2Cl)N(C)C)oc2ccccc12. The summed E-state index contributed by atoms with van der Waals surface area (Å²) in [5.41, 5.74) is 2.39. The molecule has 27 heavy (non-hydrogen) atoms. The molecule has 5 nitrogen and oxygen atoms in total. The van der Waals surface area contributed by atoms with E-state index in [4.69, 9.17) is 20.8 Å². The number of benzene rings is 2. The van der Waals surface area contributed by atoms with Gasteiger partial charge < -0.3 is 19.4 Å². The lowest BCUT2D eigenvalue weighted by atomic mass is 10.1. The average molecular weight is 387 g/mol. The molecule has 0 fully saturated rings. The molecule has 0 bridgehead atoms. The van der Waals surface area contributed by atoms with Gasteiger partial charge in [-0.3, -0.25) is 4.79 Å². The lowest BCUT2D eigenvalue weighted by molar-refractivity contribution is 0.0909. The Morgan fingerprint density at radius 3 is 2.59 bits per heavy atom. The molecule has 142 valence electrons. The van der Waals surface area contributed by atoms with Gasteiger partial charge >= 0.3 is 0 Å². The van der Waals surface area contributed by atoms with E-state index in [2.05, 4.69) is 5.32 Å². The molecule has 0 saturated heterocycles. The quantitative estimate of drug-likeness (QED) is 0.659. The highest BCUT2D eigenvalue weighted by Gasteiger charge is 2.23. The van der Waals surface area contributed by atoms with Crippen molar-refractivity contribution in [3.63, 3.8) is 0 Å². The van der Waals surface area contributed by atoms with Crippen LogP contribution in [0, 0.1) is 0 Å². The van der Waals surface area contributed by atoms with Gasteiger partial charge in [-0.15, -0.1) is 0 Å². The van der Waals surface area contributed by atoms with Gasteiger partial charge in [-0.25, -0.2) is 0 Å². The number of halogens is 1. The molecule has 1 amide bonds. The second kappa shape index (κ2) is 8.57. The second-order valence-corrected chi connectivity index (χ2v) is 6.96. The van der Waals surface area contributed by atoms with E-state index in [1.54, 1.807) is 7.11 Å². The first-order valence-corrected chi connectivity index (χ1v) is 9.09. The van der Waals surface area contributed by atoms with Crippen molar-refractivity contribution in [2.75, 3.05) is 27.7 Å². The van der Waals surface area contributed by atoms with E-state index in [1.165, 1.54) is 0 Å². The van der Waals surface area contributed by atoms with Crippen LogP contribution in [-0.4, -0.2) is 38.6 Å². The predicted molar refractivity (Wildman–Crippen MR) is 107 cm³/mol. The maximum absolute atomic E-state index is 12.8. The molecule has 6 heteroatoms. The molecule has 1 N–H and O–H groups in total. The van der Waals surface area contributed by atoms with Gasteiger partial charge in [0.2, 0.25) is 0 Å². The van der Waals surface area contributed by atoms with Gasteiger partial charge in [0.1, 0.15) is 5.58 Å². The summed E-state index contributed by atoms with van der Waals surface area (Å²) in [4.78, 5) is 14.9. The van der Waals surface area contributed by atoms with E-state index < -0.39 is 0 Å². The van der Waals surface area contributed by atoms with E-state index in [-0.39, 0.29) is 17.7 Å². The Morgan fingerprint density at radius 2 is 1.89 bits per heavy atom. The fraction of sp³-hybridized carbons (Fsp3) is 0.286. The molecule has 0 aliphatic carbocycles. The topological polar surface area (TPSA) is 54.7 Å². The van der Waals surface area contributed by atoms with E-state index in [0.29, 0.717) is 23.8 Å². The zero-order chi connectivity index (χ0) is 19.4. The van der Waals surface area contributed by atoms with Gasteiger partial charge in [0.25, 0.3) is 5.91 Å². The molecule has 1 aromatic heterocycles. The number of rotatable bonds is 7. The van der Waals surface area contributed by atoms with Gasteiger partial charge in [-0.1, -0.05) is 48.0 Å². The highest BCUT2D eigenvalue weighted by atomic mass is 35.5. The molecule has 0 spiro atoms. The largest absolute Gasteiger partial charge is 0.451 e. The van der Waals surface area contributed by atoms with Crippen LogP contribution in [0.2, 0.25) is 5.02 Å². The Kier molecular flexibility index (Phi) is 6.16. The van der Waals surface area contributed by atoms with Crippen LogP contribution >= 0.6 is 11.6 Å². The van der Waals surface area contributed by atoms with Crippen molar-refractivity contribution >= 4 is 28.5 Å². The van der Waals surface area contributed by atoms with E-state index >= 15 is 0 Å². The first kappa shape index (κ1) is 19.4. The monoisotopic (exact) mass is 386 g/mol. The number of carbonyl (C=O) groups excluding carboxylic acids is 1. The summed E-state index contributed by atoms with van der Waals surface area (Å²) in [6.07, 6.45) is 0. The van der Waals surface area contributed by atoms with Crippen LogP contribution in [0.4, 0.5) is 0 Å². The fourth-order valence-corrected chi connectivity index (χ4v) is 3.42. The fourth-order valence-electron chi connectivity index (χ4n) is 3.16. The minimum absolute atomic E-state index is 0.0575. The molecular weight excluding hydrogens is 364 g/mol. The lowest BCUT2D eigenvalue weighted by Crippen LogP contribution is -2.34. The van der Waals surface area contributed by atoms with Gasteiger partial charge in [0.15, 0.2) is 5.76 Å². The molecule has 0 aliphatic heterocycles. The summed E-state index contributed by atoms with van der Waals surface area (Å²) in [5.74, 6) is 0.0202. The Morgan fingerprint density at radius 1 is 1.19 bits per heavy atom. The van der Waals surface area contributed by atoms with E-state index in [0.717, 1.165) is 16.5 Å². The zero-order valence-corrected chi connectivity index (χ0v) is 16.4. The molecule has 0 aliphatic rings. The van der Waals surface area contributed by atoms with Crippen molar-refractivity contribution in [3.8, 4) is 0 Å². The number of hydrogen-bond donors (Lipinski definition) is 1. The molecule has 2 aromatic carbocycles. The minimum Gasteiger partial charge on any atom is -0.451 e. The zero-order valence-electron chi connectivity index (χ0n) is 15.7. The number of carbonyl (C=O) groups is 1. The standard InChI is InChI=1S/C21H23ClN2O3/c1-24(2)18(15-9-4-6-10-17(15)22)12-23-21(25)20-16(13-26-3)14-8-5-7-11-19(14)27-20/h4-11,18H,12-13H2,1-3H3,(H,23,25)/t18-/m0/s1. The summed E-state index contributed by atoms with van der Waals surface area (Å²) in [7, 11) is 5.51. The normalized spacial score (nSPS) is 12.5. The number of likely N-dealkylation sites (N-methyl/N-ethyl adjacent to an activating group) is 1. The highest BCUT2D eigenvalue weighted by molar-refractivity contribution is 6.31. The van der Waals surface area contributed by atoms with Crippen LogP contribution in [0.3, 0.4) is 0 Å². The Hall–Kier alpha value is -2.34. The Bertz CT molecular complexity index is 936. The number of ether oxygens (including phenoxy) is 1. The molecule has 1 heterocycles. The van der Waals surface area contributed by atoms with Crippen molar-refractivity contribution in [1.29, 1.82) is 0 Å². The number of nitrogens with one attached hydrogen (secondary N) is 1. The maximum Gasteiger partial charge on any atom is 0.287 e. The molecular formula is C21H23ClN2O3. The first-order valence-electron chi connectivity index (χ1n) is 8.71. The number of hydrogen-bond acceptors (Lipinski definition) is 4. The number of amides is 1. The molecule has 0 radical (unpaired) electrons. The van der Waals surface area contributed by atoms with Crippen molar-refractivity contribution in [2.24, 2.45) is 0 Å². The number of furan rings is 1. The summed E-state index contributed by atoms with van der Waals surface area (Å²) < 4.78 is 11.1. The van der Waals surface area contributed by atoms with Crippen LogP contribution in [-0.2, 0) is 11.3 Å². The van der Waals surface area contributed by atoms with Gasteiger partial charge in [0.05, 0.1) is 12.6 Å². The number of nitrogens with zero attached hydrogens (tertiary/aromatic N) is 1. The van der Waals surface area contributed by atoms with Gasteiger partial charge in [0, 0.05) is 29.6 Å². The molecule has 3 aromatic rings. The summed E-state index contributed by atoms with van der Waals surface area (Å²) in [6, 6.07) is 15.2. The summed E-state index contributed by atoms with van der Waals surface area (Å²) >= 11 is 6.34. The van der Waals surface area contributed by atoms with Crippen LogP contribution in [0.1, 0.15) is 27.7 Å². The van der Waals surface area contributed by atoms with E-state index in [9.17, 15) is 4.79 Å². The third kappa shape index (κ3) is 4.16. The third-order valence-electron chi connectivity index (χ3n) is 4.54. The van der Waals surface area contributed by atoms with Gasteiger partial charge in [-0.05, 0) is 31.8 Å². The number of para-hydroxylation sites is 1. The maximum atomic E-state index is 12.8. The lowest BCUT2D eigenvalue weighted by Gasteiger charge is -2.25.